The van der Waals surface area contributed by atoms with E-state index in [2.05, 4.69) is 58.2 Å². The molecule has 0 aliphatic carbocycles. The number of Topliss-reactive ketones (excluding diaryl/α,β-unsaturated/α-hetero) is 1. The second kappa shape index (κ2) is 25.5. The summed E-state index contributed by atoms with van der Waals surface area (Å²) in [7, 11) is 1.23. The van der Waals surface area contributed by atoms with Gasteiger partial charge in [0.2, 0.25) is 12.3 Å². The highest BCUT2D eigenvalue weighted by atomic mass is 35.5. The quantitative estimate of drug-likeness (QED) is 0.0840. The van der Waals surface area contributed by atoms with Crippen LogP contribution in [-0.4, -0.2) is 53.0 Å². The van der Waals surface area contributed by atoms with Crippen LogP contribution < -0.4 is 10.6 Å². The molecule has 2 atom stereocenters. The van der Waals surface area contributed by atoms with Crippen molar-refractivity contribution >= 4 is 58.4 Å². The van der Waals surface area contributed by atoms with Gasteiger partial charge in [0.15, 0.2) is 0 Å². The molecule has 2 heterocycles. The van der Waals surface area contributed by atoms with E-state index in [4.69, 9.17) is 32.5 Å². The largest absolute Gasteiger partial charge is 0.463 e. The molecular formula is C38H53Cl2N5O7. The van der Waals surface area contributed by atoms with Crippen LogP contribution in [0.15, 0.2) is 47.0 Å². The third-order valence-corrected chi connectivity index (χ3v) is 8.12. The molecular weight excluding hydrogens is 709 g/mol. The van der Waals surface area contributed by atoms with Crippen LogP contribution in [0.1, 0.15) is 114 Å². The van der Waals surface area contributed by atoms with Crippen LogP contribution in [0.2, 0.25) is 10.0 Å². The van der Waals surface area contributed by atoms with E-state index in [9.17, 15) is 19.2 Å². The van der Waals surface area contributed by atoms with Gasteiger partial charge in [-0.15, -0.1) is 0 Å². The molecule has 0 saturated heterocycles. The lowest BCUT2D eigenvalue weighted by atomic mass is 9.99. The molecule has 4 rings (SSSR count). The Morgan fingerprint density at radius 3 is 2.23 bits per heavy atom. The third kappa shape index (κ3) is 15.9. The van der Waals surface area contributed by atoms with E-state index in [0.717, 1.165) is 36.8 Å². The molecule has 2 aromatic heterocycles. The van der Waals surface area contributed by atoms with Gasteiger partial charge < -0.3 is 29.6 Å². The van der Waals surface area contributed by atoms with Crippen LogP contribution in [0.5, 0.6) is 0 Å². The number of hydrogen-bond acceptors (Lipinski definition) is 9. The normalized spacial score (nSPS) is 11.3. The van der Waals surface area contributed by atoms with Gasteiger partial charge in [0, 0.05) is 16.1 Å². The predicted octanol–water partition coefficient (Wildman–Crippen LogP) is 8.99. The molecule has 4 aromatic rings. The first-order valence-electron chi connectivity index (χ1n) is 17.4. The van der Waals surface area contributed by atoms with Crippen molar-refractivity contribution in [1.29, 1.82) is 0 Å². The average molecular weight is 763 g/mol. The maximum absolute atomic E-state index is 11.1. The summed E-state index contributed by atoms with van der Waals surface area (Å²) in [6.07, 6.45) is 6.65. The van der Waals surface area contributed by atoms with Crippen LogP contribution in [0, 0.1) is 5.92 Å². The number of ketones is 1. The first-order valence-corrected chi connectivity index (χ1v) is 18.2. The number of ether oxygens (including phenoxy) is 2. The molecule has 12 nitrogen and oxygen atoms in total. The zero-order valence-corrected chi connectivity index (χ0v) is 33.0. The summed E-state index contributed by atoms with van der Waals surface area (Å²) < 4.78 is 14.3. The number of unbranched alkanes of at least 4 members (excludes halogenated alkanes) is 1. The molecule has 1 unspecified atom stereocenters. The summed E-state index contributed by atoms with van der Waals surface area (Å²) in [4.78, 5) is 50.6. The Morgan fingerprint density at radius 1 is 1.02 bits per heavy atom. The predicted molar refractivity (Wildman–Crippen MR) is 205 cm³/mol. The van der Waals surface area contributed by atoms with Crippen LogP contribution in [0.25, 0.3) is 10.9 Å². The van der Waals surface area contributed by atoms with E-state index in [1.54, 1.807) is 6.07 Å². The number of nitrogens with zero attached hydrogens (tertiary/aromatic N) is 2. The number of aryl methyl sites for hydroxylation is 2. The van der Waals surface area contributed by atoms with E-state index >= 15 is 0 Å². The molecule has 286 valence electrons. The van der Waals surface area contributed by atoms with Gasteiger partial charge in [0.05, 0.1) is 24.2 Å². The number of aromatic nitrogens is 3. The van der Waals surface area contributed by atoms with Gasteiger partial charge in [-0.2, -0.15) is 4.98 Å². The lowest BCUT2D eigenvalue weighted by molar-refractivity contribution is -0.116. The number of rotatable bonds is 14. The fraction of sp³-hybridized carbons (Fsp3) is 0.474. The van der Waals surface area contributed by atoms with Gasteiger partial charge in [0.1, 0.15) is 18.4 Å². The van der Waals surface area contributed by atoms with Crippen molar-refractivity contribution in [3.05, 3.63) is 81.0 Å². The number of aromatic amines is 1. The number of hydrogen-bond donors (Lipinski definition) is 3. The maximum atomic E-state index is 11.1. The van der Waals surface area contributed by atoms with Gasteiger partial charge in [-0.05, 0) is 54.1 Å². The van der Waals surface area contributed by atoms with Gasteiger partial charge >= 0.3 is 12.1 Å². The number of fused-ring (bicyclic) bond motifs is 1. The second-order valence-corrected chi connectivity index (χ2v) is 12.6. The maximum Gasteiger partial charge on any atom is 0.407 e. The van der Waals surface area contributed by atoms with Crippen molar-refractivity contribution in [1.82, 2.24) is 25.8 Å². The van der Waals surface area contributed by atoms with Gasteiger partial charge in [0.25, 0.3) is 5.82 Å². The number of benzene rings is 2. The van der Waals surface area contributed by atoms with Crippen molar-refractivity contribution in [3.63, 3.8) is 0 Å². The Morgan fingerprint density at radius 2 is 1.69 bits per heavy atom. The summed E-state index contributed by atoms with van der Waals surface area (Å²) in [6.45, 7) is 14.2. The molecule has 14 heteroatoms. The van der Waals surface area contributed by atoms with E-state index in [0.29, 0.717) is 16.5 Å². The summed E-state index contributed by atoms with van der Waals surface area (Å²) in [5, 5.41) is 11.0. The van der Waals surface area contributed by atoms with Crippen molar-refractivity contribution in [3.8, 4) is 0 Å². The number of H-pyrrole nitrogens is 1. The molecule has 0 aliphatic rings. The molecule has 0 spiro atoms. The third-order valence-electron chi connectivity index (χ3n) is 7.60. The molecule has 0 aliphatic heterocycles. The lowest BCUT2D eigenvalue weighted by Gasteiger charge is -2.17. The summed E-state index contributed by atoms with van der Waals surface area (Å²) in [5.41, 5.74) is 4.58. The van der Waals surface area contributed by atoms with Gasteiger partial charge in [-0.3, -0.25) is 9.59 Å². The molecule has 0 saturated carbocycles. The number of halogens is 2. The molecule has 3 N–H and O–H groups in total. The number of amides is 2. The Hall–Kier alpha value is -4.42. The Kier molecular flexibility index (Phi) is 22.4. The van der Waals surface area contributed by atoms with Crippen LogP contribution in [0.4, 0.5) is 4.79 Å². The summed E-state index contributed by atoms with van der Waals surface area (Å²) in [6, 6.07) is 12.7. The highest BCUT2D eigenvalue weighted by Crippen LogP contribution is 2.32. The standard InChI is InChI=1S/C13H15Cl2N.C11H13NO3.C10H15N3O4.C4H10/c1-3-5-12-9(4-2)10-6-8(14)7-11(15)13(10)16-12;1-9(13)7-12-11(14)15-8-10-5-3-2-4-6-10;1-4-6(2)7(11-5-14)9-12-8(13-17-9)10(15)16-3;1-3-4-2/h6-7,16H,3-5H2,1-2H3;2-6H,7-8H2,1H3,(H,12,14);5-7H,4H2,1-3H3,(H,11,14);3-4H2,1-2H3/t;;6?,7-;/m..0./s1. The smallest absolute Gasteiger partial charge is 0.407 e. The average Bonchev–Trinajstić information content (AvgIpc) is 3.78. The van der Waals surface area contributed by atoms with E-state index in [-0.39, 0.29) is 36.6 Å². The van der Waals surface area contributed by atoms with E-state index < -0.39 is 18.1 Å². The number of carbonyl (C=O) groups is 4. The molecule has 0 bridgehead atoms. The minimum atomic E-state index is -0.672. The summed E-state index contributed by atoms with van der Waals surface area (Å²) in [5.74, 6) is -0.609. The fourth-order valence-corrected chi connectivity index (χ4v) is 5.03. The number of nitrogens with one attached hydrogen (secondary N) is 3. The number of alkyl carbamates (subject to hydrolysis) is 1. The van der Waals surface area contributed by atoms with Crippen LogP contribution in [0.3, 0.4) is 0 Å². The van der Waals surface area contributed by atoms with Crippen molar-refractivity contribution < 1.29 is 33.2 Å². The first kappa shape index (κ1) is 45.6. The number of methoxy groups -OCH3 is 1. The van der Waals surface area contributed by atoms with Crippen molar-refractivity contribution in [2.75, 3.05) is 13.7 Å². The van der Waals surface area contributed by atoms with Crippen molar-refractivity contribution in [2.24, 2.45) is 5.92 Å². The summed E-state index contributed by atoms with van der Waals surface area (Å²) >= 11 is 12.2. The lowest BCUT2D eigenvalue weighted by Crippen LogP contribution is -2.28. The van der Waals surface area contributed by atoms with E-state index in [1.807, 2.05) is 50.2 Å². The zero-order valence-electron chi connectivity index (χ0n) is 31.4. The molecule has 0 radical (unpaired) electrons. The van der Waals surface area contributed by atoms with Gasteiger partial charge in [-0.25, -0.2) is 9.59 Å². The zero-order chi connectivity index (χ0) is 39.1. The minimum Gasteiger partial charge on any atom is -0.463 e. The second-order valence-electron chi connectivity index (χ2n) is 11.7. The molecule has 52 heavy (non-hydrogen) atoms. The first-order chi connectivity index (χ1) is 24.9. The van der Waals surface area contributed by atoms with Crippen molar-refractivity contribution in [2.45, 2.75) is 99.6 Å². The van der Waals surface area contributed by atoms with E-state index in [1.165, 1.54) is 43.5 Å². The van der Waals surface area contributed by atoms with Gasteiger partial charge in [-0.1, -0.05) is 121 Å². The SMILES string of the molecule is CC(=O)CNC(=O)OCc1ccccc1.CCC(C)[C@H](NC=O)c1nc(C(=O)OC)no1.CCCC.CCCc1[nH]c2c(Cl)cc(Cl)cc2c1CC. The minimum absolute atomic E-state index is 0.00756. The molecule has 2 amide bonds. The monoisotopic (exact) mass is 761 g/mol. The Balaban J connectivity index is 0.000000371. The van der Waals surface area contributed by atoms with Crippen LogP contribution in [-0.2, 0) is 38.5 Å². The fourth-order valence-electron chi connectivity index (χ4n) is 4.49. The number of carbonyl (C=O) groups excluding carboxylic acids is 4. The molecule has 2 aromatic carbocycles. The van der Waals surface area contributed by atoms with Crippen LogP contribution >= 0.6 is 23.2 Å². The Bertz CT molecular complexity index is 1660. The molecule has 0 fully saturated rings. The number of esters is 1. The highest BCUT2D eigenvalue weighted by Gasteiger charge is 2.25. The Labute approximate surface area is 316 Å². The topological polar surface area (TPSA) is 166 Å². The highest BCUT2D eigenvalue weighted by molar-refractivity contribution is 6.38.